The predicted octanol–water partition coefficient (Wildman–Crippen LogP) is 4.32. The summed E-state index contributed by atoms with van der Waals surface area (Å²) >= 11 is 0. The fraction of sp³-hybridized carbons (Fsp3) is 1.00. The summed E-state index contributed by atoms with van der Waals surface area (Å²) in [7, 11) is 6.30. The van der Waals surface area contributed by atoms with Gasteiger partial charge in [0.15, 0.2) is 0 Å². The highest BCUT2D eigenvalue weighted by atomic mass is 16.7. The van der Waals surface area contributed by atoms with Gasteiger partial charge in [0.25, 0.3) is 0 Å². The summed E-state index contributed by atoms with van der Waals surface area (Å²) in [6.45, 7) is 9.00. The van der Waals surface area contributed by atoms with E-state index in [-0.39, 0.29) is 11.5 Å². The highest BCUT2D eigenvalue weighted by Crippen LogP contribution is 2.69. The van der Waals surface area contributed by atoms with Crippen LogP contribution in [0.4, 0.5) is 0 Å². The first kappa shape index (κ1) is 24.9. The van der Waals surface area contributed by atoms with Gasteiger partial charge in [0.2, 0.25) is 0 Å². The number of fused-ring (bicyclic) bond motifs is 5. The van der Waals surface area contributed by atoms with E-state index in [0.29, 0.717) is 35.1 Å². The van der Waals surface area contributed by atoms with Crippen molar-refractivity contribution in [3.05, 3.63) is 0 Å². The smallest absolute Gasteiger partial charge is 0.0735 e. The number of rotatable bonds is 7. The van der Waals surface area contributed by atoms with Gasteiger partial charge in [-0.3, -0.25) is 4.84 Å². The minimum absolute atomic E-state index is 0.0355. The zero-order valence-corrected chi connectivity index (χ0v) is 21.6. The lowest BCUT2D eigenvalue weighted by Crippen LogP contribution is -2.63. The van der Waals surface area contributed by atoms with Gasteiger partial charge in [-0.05, 0) is 121 Å². The van der Waals surface area contributed by atoms with Crippen LogP contribution >= 0.6 is 0 Å². The van der Waals surface area contributed by atoms with Gasteiger partial charge in [-0.25, -0.2) is 0 Å². The van der Waals surface area contributed by atoms with Crippen LogP contribution in [-0.4, -0.2) is 72.2 Å². The minimum Gasteiger partial charge on any atom is -0.393 e. The maximum atomic E-state index is 12.4. The van der Waals surface area contributed by atoms with Crippen LogP contribution in [0.3, 0.4) is 0 Å². The molecule has 9 atom stereocenters. The summed E-state index contributed by atoms with van der Waals surface area (Å²) < 4.78 is 0. The van der Waals surface area contributed by atoms with Crippen molar-refractivity contribution in [2.45, 2.75) is 103 Å². The molecular formula is C27H50N2O3. The van der Waals surface area contributed by atoms with E-state index in [1.165, 1.54) is 12.8 Å². The first-order chi connectivity index (χ1) is 15.0. The van der Waals surface area contributed by atoms with Crippen LogP contribution in [0.5, 0.6) is 0 Å². The molecule has 0 heterocycles. The van der Waals surface area contributed by atoms with Crippen LogP contribution in [0, 0.1) is 34.5 Å². The maximum absolute atomic E-state index is 12.4. The fourth-order valence-electron chi connectivity index (χ4n) is 8.98. The van der Waals surface area contributed by atoms with Crippen molar-refractivity contribution in [3.8, 4) is 0 Å². The molecule has 0 aliphatic heterocycles. The zero-order valence-electron chi connectivity index (χ0n) is 21.6. The highest BCUT2D eigenvalue weighted by molar-refractivity contribution is 5.17. The zero-order chi connectivity index (χ0) is 23.3. The van der Waals surface area contributed by atoms with Crippen LogP contribution in [0.1, 0.15) is 85.0 Å². The predicted molar refractivity (Wildman–Crippen MR) is 129 cm³/mol. The number of hydrogen-bond acceptors (Lipinski definition) is 5. The number of aliphatic hydroxyl groups is 2. The molecule has 0 radical (unpaired) electrons. The lowest BCUT2D eigenvalue weighted by molar-refractivity contribution is -0.228. The standard InChI is InChI=1S/C27H50N2O3/c1-19(29(6)32-17-7-16-28(4)5)22-12-15-27(31)24-9-8-20-18-21(30)10-13-25(20,2)23(24)11-14-26(22,27)3/h19-24,30-31H,7-18H2,1-6H3/t19?,20-,21+,22-,23+,24-,25+,26-,27+/m1/s1. The number of nitrogens with zero attached hydrogens (tertiary/aromatic N) is 2. The Kier molecular flexibility index (Phi) is 7.09. The van der Waals surface area contributed by atoms with Gasteiger partial charge in [-0.2, -0.15) is 5.06 Å². The van der Waals surface area contributed by atoms with Crippen LogP contribution in [0.2, 0.25) is 0 Å². The van der Waals surface area contributed by atoms with Crippen molar-refractivity contribution in [1.82, 2.24) is 9.96 Å². The van der Waals surface area contributed by atoms with E-state index in [1.54, 1.807) is 0 Å². The van der Waals surface area contributed by atoms with Crippen molar-refractivity contribution in [1.29, 1.82) is 0 Å². The molecule has 0 aromatic carbocycles. The number of aliphatic hydroxyl groups excluding tert-OH is 1. The molecule has 32 heavy (non-hydrogen) atoms. The molecule has 186 valence electrons. The van der Waals surface area contributed by atoms with Gasteiger partial charge >= 0.3 is 0 Å². The first-order valence-corrected chi connectivity index (χ1v) is 13.4. The van der Waals surface area contributed by atoms with Crippen LogP contribution in [0.15, 0.2) is 0 Å². The third-order valence-electron chi connectivity index (χ3n) is 11.1. The average molecular weight is 451 g/mol. The number of hydrogen-bond donors (Lipinski definition) is 2. The van der Waals surface area contributed by atoms with Crippen molar-refractivity contribution < 1.29 is 15.1 Å². The van der Waals surface area contributed by atoms with Crippen LogP contribution < -0.4 is 0 Å². The molecule has 4 fully saturated rings. The molecule has 0 aromatic heterocycles. The fourth-order valence-corrected chi connectivity index (χ4v) is 8.98. The summed E-state index contributed by atoms with van der Waals surface area (Å²) in [5.74, 6) is 2.13. The van der Waals surface area contributed by atoms with E-state index in [9.17, 15) is 10.2 Å². The Morgan fingerprint density at radius 1 is 0.969 bits per heavy atom. The van der Waals surface area contributed by atoms with Crippen LogP contribution in [0.25, 0.3) is 0 Å². The van der Waals surface area contributed by atoms with E-state index in [1.807, 2.05) is 0 Å². The molecule has 4 aliphatic rings. The van der Waals surface area contributed by atoms with Gasteiger partial charge in [-0.15, -0.1) is 0 Å². The Balaban J connectivity index is 1.46. The van der Waals surface area contributed by atoms with Crippen LogP contribution in [-0.2, 0) is 4.84 Å². The van der Waals surface area contributed by atoms with E-state index in [4.69, 9.17) is 4.84 Å². The molecule has 1 unspecified atom stereocenters. The Morgan fingerprint density at radius 2 is 1.72 bits per heavy atom. The second-order valence-electron chi connectivity index (χ2n) is 12.7. The van der Waals surface area contributed by atoms with Gasteiger partial charge in [0.1, 0.15) is 0 Å². The van der Waals surface area contributed by atoms with Gasteiger partial charge in [0.05, 0.1) is 18.3 Å². The van der Waals surface area contributed by atoms with E-state index >= 15 is 0 Å². The summed E-state index contributed by atoms with van der Waals surface area (Å²) in [6, 6.07) is 0.307. The maximum Gasteiger partial charge on any atom is 0.0735 e. The summed E-state index contributed by atoms with van der Waals surface area (Å²) in [4.78, 5) is 8.33. The Hall–Kier alpha value is -0.200. The third-order valence-corrected chi connectivity index (χ3v) is 11.1. The molecular weight excluding hydrogens is 400 g/mol. The van der Waals surface area contributed by atoms with Gasteiger partial charge in [0, 0.05) is 18.5 Å². The summed E-state index contributed by atoms with van der Waals surface area (Å²) in [6.07, 6.45) is 10.7. The monoisotopic (exact) mass is 450 g/mol. The first-order valence-electron chi connectivity index (χ1n) is 13.4. The lowest BCUT2D eigenvalue weighted by atomic mass is 9.43. The molecule has 0 bridgehead atoms. The second-order valence-corrected chi connectivity index (χ2v) is 12.7. The van der Waals surface area contributed by atoms with Crippen molar-refractivity contribution in [3.63, 3.8) is 0 Å². The molecule has 5 nitrogen and oxygen atoms in total. The molecule has 4 rings (SSSR count). The van der Waals surface area contributed by atoms with Crippen molar-refractivity contribution in [2.75, 3.05) is 34.3 Å². The lowest BCUT2D eigenvalue weighted by Gasteiger charge is -2.64. The van der Waals surface area contributed by atoms with E-state index < -0.39 is 5.60 Å². The summed E-state index contributed by atoms with van der Waals surface area (Å²) in [5.41, 5.74) is -0.286. The molecule has 4 aliphatic carbocycles. The normalized spacial score (nSPS) is 47.2. The third kappa shape index (κ3) is 3.98. The van der Waals surface area contributed by atoms with Crippen molar-refractivity contribution >= 4 is 0 Å². The molecule has 4 saturated carbocycles. The van der Waals surface area contributed by atoms with E-state index in [2.05, 4.69) is 51.9 Å². The Labute approximate surface area is 196 Å². The molecule has 0 saturated heterocycles. The molecule has 0 aromatic rings. The topological polar surface area (TPSA) is 56.2 Å². The van der Waals surface area contributed by atoms with Gasteiger partial charge < -0.3 is 15.1 Å². The molecule has 0 spiro atoms. The van der Waals surface area contributed by atoms with Gasteiger partial charge in [-0.1, -0.05) is 13.8 Å². The second kappa shape index (κ2) is 9.11. The molecule has 5 heteroatoms. The SMILES string of the molecule is CC([C@H]1CC[C@]2(O)[C@@H]3CC[C@@H]4C[C@@H](O)CC[C@]4(C)[C@H]3CC[C@]12C)N(C)OCCCN(C)C. The van der Waals surface area contributed by atoms with E-state index in [0.717, 1.165) is 64.5 Å². The minimum atomic E-state index is -0.551. The largest absolute Gasteiger partial charge is 0.393 e. The highest BCUT2D eigenvalue weighted by Gasteiger charge is 2.67. The Morgan fingerprint density at radius 3 is 2.44 bits per heavy atom. The quantitative estimate of drug-likeness (QED) is 0.447. The molecule has 0 amide bonds. The average Bonchev–Trinajstić information content (AvgIpc) is 3.02. The van der Waals surface area contributed by atoms with Crippen molar-refractivity contribution in [2.24, 2.45) is 34.5 Å². The Bertz CT molecular complexity index is 659. The molecule has 2 N–H and O–H groups in total. The number of hydroxylamine groups is 2. The summed E-state index contributed by atoms with van der Waals surface area (Å²) in [5, 5.41) is 24.8.